The maximum absolute atomic E-state index is 12.5. The molecule has 0 heterocycles. The van der Waals surface area contributed by atoms with Crippen LogP contribution in [-0.2, 0) is 9.59 Å². The van der Waals surface area contributed by atoms with Gasteiger partial charge in [-0.05, 0) is 39.3 Å². The second kappa shape index (κ2) is 7.78. The van der Waals surface area contributed by atoms with Crippen LogP contribution in [0.1, 0.15) is 26.3 Å². The quantitative estimate of drug-likeness (QED) is 0.836. The molecule has 0 spiro atoms. The number of aryl methyl sites for hydroxylation is 1. The first kappa shape index (κ1) is 17.2. The molecular weight excluding hydrogens is 268 g/mol. The van der Waals surface area contributed by atoms with Crippen LogP contribution in [0.15, 0.2) is 24.3 Å². The van der Waals surface area contributed by atoms with Gasteiger partial charge in [-0.15, -0.1) is 0 Å². The summed E-state index contributed by atoms with van der Waals surface area (Å²) in [5.41, 5.74) is 1.91. The van der Waals surface area contributed by atoms with E-state index in [1.54, 1.807) is 9.80 Å². The van der Waals surface area contributed by atoms with E-state index in [0.717, 1.165) is 11.3 Å². The van der Waals surface area contributed by atoms with E-state index in [1.165, 1.54) is 0 Å². The van der Waals surface area contributed by atoms with E-state index < -0.39 is 5.97 Å². The molecule has 0 aliphatic heterocycles. The van der Waals surface area contributed by atoms with E-state index in [2.05, 4.69) is 0 Å². The number of carboxylic acids is 1. The van der Waals surface area contributed by atoms with Crippen molar-refractivity contribution in [2.45, 2.75) is 33.7 Å². The van der Waals surface area contributed by atoms with Gasteiger partial charge in [-0.25, -0.2) is 0 Å². The molecule has 0 atom stereocenters. The summed E-state index contributed by atoms with van der Waals surface area (Å²) in [5.74, 6) is -1.00. The number of carbonyl (C=O) groups is 2. The molecule has 1 aromatic rings. The molecule has 0 aliphatic rings. The van der Waals surface area contributed by atoms with E-state index in [9.17, 15) is 9.59 Å². The summed E-state index contributed by atoms with van der Waals surface area (Å²) >= 11 is 0. The number of aliphatic carboxylic acids is 1. The number of hydrogen-bond donors (Lipinski definition) is 1. The number of hydrogen-bond acceptors (Lipinski definition) is 3. The number of nitrogens with zero attached hydrogens (tertiary/aromatic N) is 2. The maximum Gasteiger partial charge on any atom is 0.317 e. The van der Waals surface area contributed by atoms with Gasteiger partial charge in [-0.2, -0.15) is 0 Å². The molecule has 5 nitrogen and oxygen atoms in total. The third-order valence-electron chi connectivity index (χ3n) is 3.43. The van der Waals surface area contributed by atoms with Crippen molar-refractivity contribution in [2.75, 3.05) is 24.5 Å². The Morgan fingerprint density at radius 3 is 2.29 bits per heavy atom. The molecule has 0 unspecified atom stereocenters. The molecule has 0 fully saturated rings. The molecule has 21 heavy (non-hydrogen) atoms. The van der Waals surface area contributed by atoms with E-state index in [1.807, 2.05) is 52.0 Å². The van der Waals surface area contributed by atoms with E-state index >= 15 is 0 Å². The average molecular weight is 292 g/mol. The van der Waals surface area contributed by atoms with Gasteiger partial charge in [0.05, 0.1) is 13.1 Å². The molecule has 0 saturated heterocycles. The number of para-hydroxylation sites is 1. The van der Waals surface area contributed by atoms with Gasteiger partial charge in [0.25, 0.3) is 0 Å². The lowest BCUT2D eigenvalue weighted by atomic mass is 10.1. The monoisotopic (exact) mass is 292 g/mol. The van der Waals surface area contributed by atoms with Crippen molar-refractivity contribution in [2.24, 2.45) is 0 Å². The number of anilines is 1. The van der Waals surface area contributed by atoms with Crippen LogP contribution in [0.25, 0.3) is 0 Å². The molecule has 1 rings (SSSR count). The molecule has 5 heteroatoms. The van der Waals surface area contributed by atoms with Gasteiger partial charge in [0.1, 0.15) is 0 Å². The van der Waals surface area contributed by atoms with Crippen molar-refractivity contribution < 1.29 is 14.7 Å². The summed E-state index contributed by atoms with van der Waals surface area (Å²) in [4.78, 5) is 26.8. The van der Waals surface area contributed by atoms with Gasteiger partial charge in [0, 0.05) is 18.3 Å². The maximum atomic E-state index is 12.5. The van der Waals surface area contributed by atoms with Crippen LogP contribution < -0.4 is 4.90 Å². The fraction of sp³-hybridized carbons (Fsp3) is 0.500. The number of rotatable bonds is 7. The van der Waals surface area contributed by atoms with Crippen molar-refractivity contribution in [3.63, 3.8) is 0 Å². The van der Waals surface area contributed by atoms with Crippen LogP contribution in [-0.4, -0.2) is 47.6 Å². The van der Waals surface area contributed by atoms with E-state index in [4.69, 9.17) is 5.11 Å². The number of likely N-dealkylation sites (N-methyl/N-ethyl adjacent to an activating group) is 1. The Hall–Kier alpha value is -1.88. The Bertz CT molecular complexity index is 500. The van der Waals surface area contributed by atoms with Gasteiger partial charge in [-0.1, -0.05) is 18.2 Å². The minimum absolute atomic E-state index is 0.000580. The van der Waals surface area contributed by atoms with Gasteiger partial charge in [0.15, 0.2) is 0 Å². The third kappa shape index (κ3) is 4.86. The summed E-state index contributed by atoms with van der Waals surface area (Å²) in [7, 11) is 0. The summed E-state index contributed by atoms with van der Waals surface area (Å²) in [5, 5.41) is 8.94. The van der Waals surface area contributed by atoms with Crippen molar-refractivity contribution >= 4 is 17.6 Å². The van der Waals surface area contributed by atoms with Crippen LogP contribution in [0, 0.1) is 6.92 Å². The Labute approximate surface area is 126 Å². The summed E-state index contributed by atoms with van der Waals surface area (Å²) in [6.45, 7) is 8.19. The summed E-state index contributed by atoms with van der Waals surface area (Å²) < 4.78 is 0. The smallest absolute Gasteiger partial charge is 0.317 e. The highest BCUT2D eigenvalue weighted by Gasteiger charge is 2.21. The van der Waals surface area contributed by atoms with Gasteiger partial charge < -0.3 is 10.0 Å². The minimum atomic E-state index is -0.921. The predicted molar refractivity (Wildman–Crippen MR) is 83.6 cm³/mol. The predicted octanol–water partition coefficient (Wildman–Crippen LogP) is 2.14. The highest BCUT2D eigenvalue weighted by Crippen LogP contribution is 2.19. The molecule has 116 valence electrons. The first-order valence-corrected chi connectivity index (χ1v) is 7.18. The Morgan fingerprint density at radius 1 is 1.19 bits per heavy atom. The second-order valence-corrected chi connectivity index (χ2v) is 5.32. The minimum Gasteiger partial charge on any atom is -0.480 e. The van der Waals surface area contributed by atoms with Gasteiger partial charge >= 0.3 is 5.97 Å². The number of carboxylic acid groups (broad SMARTS) is 1. The Kier molecular flexibility index (Phi) is 6.37. The van der Waals surface area contributed by atoms with Gasteiger partial charge in [-0.3, -0.25) is 14.5 Å². The van der Waals surface area contributed by atoms with Crippen molar-refractivity contribution in [1.82, 2.24) is 4.90 Å². The zero-order valence-corrected chi connectivity index (χ0v) is 13.2. The molecule has 1 amide bonds. The summed E-state index contributed by atoms with van der Waals surface area (Å²) in [6.07, 6.45) is 0. The largest absolute Gasteiger partial charge is 0.480 e. The number of carbonyl (C=O) groups excluding carboxylic acids is 1. The molecule has 0 saturated carbocycles. The molecule has 0 bridgehead atoms. The van der Waals surface area contributed by atoms with Gasteiger partial charge in [0.2, 0.25) is 5.91 Å². The standard InChI is InChI=1S/C16H24N2O3/c1-5-18(14-9-7-6-8-13(14)4)15(19)10-17(12(2)3)11-16(20)21/h6-9,12H,5,10-11H2,1-4H3,(H,20,21). The lowest BCUT2D eigenvalue weighted by Gasteiger charge is -2.29. The van der Waals surface area contributed by atoms with Crippen molar-refractivity contribution in [3.8, 4) is 0 Å². The zero-order valence-electron chi connectivity index (χ0n) is 13.2. The molecule has 0 aromatic heterocycles. The summed E-state index contributed by atoms with van der Waals surface area (Å²) in [6, 6.07) is 7.70. The normalized spacial score (nSPS) is 11.0. The van der Waals surface area contributed by atoms with Crippen LogP contribution in [0.2, 0.25) is 0 Å². The zero-order chi connectivity index (χ0) is 16.0. The molecule has 0 radical (unpaired) electrons. The van der Waals surface area contributed by atoms with E-state index in [0.29, 0.717) is 6.54 Å². The lowest BCUT2D eigenvalue weighted by molar-refractivity contribution is -0.139. The first-order chi connectivity index (χ1) is 9.86. The fourth-order valence-electron chi connectivity index (χ4n) is 2.20. The van der Waals surface area contributed by atoms with Crippen molar-refractivity contribution in [1.29, 1.82) is 0 Å². The topological polar surface area (TPSA) is 60.9 Å². The lowest BCUT2D eigenvalue weighted by Crippen LogP contribution is -2.45. The first-order valence-electron chi connectivity index (χ1n) is 7.18. The SMILES string of the molecule is CCN(C(=O)CN(CC(=O)O)C(C)C)c1ccccc1C. The number of benzene rings is 1. The van der Waals surface area contributed by atoms with Crippen molar-refractivity contribution in [3.05, 3.63) is 29.8 Å². The molecule has 1 N–H and O–H groups in total. The molecular formula is C16H24N2O3. The van der Waals surface area contributed by atoms with Crippen LogP contribution >= 0.6 is 0 Å². The molecule has 1 aromatic carbocycles. The van der Waals surface area contributed by atoms with Crippen LogP contribution in [0.5, 0.6) is 0 Å². The van der Waals surface area contributed by atoms with Crippen LogP contribution in [0.3, 0.4) is 0 Å². The van der Waals surface area contributed by atoms with Crippen LogP contribution in [0.4, 0.5) is 5.69 Å². The number of amides is 1. The fourth-order valence-corrected chi connectivity index (χ4v) is 2.20. The Balaban J connectivity index is 2.88. The average Bonchev–Trinajstić information content (AvgIpc) is 2.40. The highest BCUT2D eigenvalue weighted by molar-refractivity contribution is 5.95. The highest BCUT2D eigenvalue weighted by atomic mass is 16.4. The molecule has 0 aliphatic carbocycles. The third-order valence-corrected chi connectivity index (χ3v) is 3.43. The second-order valence-electron chi connectivity index (χ2n) is 5.32. The van der Waals surface area contributed by atoms with E-state index in [-0.39, 0.29) is 25.0 Å². The Morgan fingerprint density at radius 2 is 1.81 bits per heavy atom.